The van der Waals surface area contributed by atoms with E-state index in [1.54, 1.807) is 6.07 Å². The normalized spacial score (nSPS) is 17.3. The van der Waals surface area contributed by atoms with Crippen molar-refractivity contribution in [3.05, 3.63) is 34.9 Å². The summed E-state index contributed by atoms with van der Waals surface area (Å²) in [6.07, 6.45) is 2.41. The van der Waals surface area contributed by atoms with Crippen molar-refractivity contribution in [1.82, 2.24) is 15.0 Å². The van der Waals surface area contributed by atoms with Crippen LogP contribution in [0.4, 0.5) is 4.39 Å². The lowest BCUT2D eigenvalue weighted by atomic mass is 10.2. The first-order valence-corrected chi connectivity index (χ1v) is 7.28. The quantitative estimate of drug-likeness (QED) is 0.940. The summed E-state index contributed by atoms with van der Waals surface area (Å²) in [6.45, 7) is 2.83. The zero-order valence-corrected chi connectivity index (χ0v) is 12.2. The summed E-state index contributed by atoms with van der Waals surface area (Å²) in [6, 6.07) is 3.98. The van der Waals surface area contributed by atoms with Gasteiger partial charge in [-0.1, -0.05) is 16.8 Å². The summed E-state index contributed by atoms with van der Waals surface area (Å²) >= 11 is 5.75. The second-order valence-electron chi connectivity index (χ2n) is 5.20. The third kappa shape index (κ3) is 3.23. The highest BCUT2D eigenvalue weighted by Crippen LogP contribution is 2.24. The summed E-state index contributed by atoms with van der Waals surface area (Å²) in [5.74, 6) is 0.270. The summed E-state index contributed by atoms with van der Waals surface area (Å²) < 4.78 is 18.3. The van der Waals surface area contributed by atoms with Crippen molar-refractivity contribution in [2.45, 2.75) is 18.9 Å². The molecule has 0 bridgehead atoms. The Bertz CT molecular complexity index is 627. The zero-order chi connectivity index (χ0) is 14.8. The first-order valence-electron chi connectivity index (χ1n) is 6.90. The lowest BCUT2D eigenvalue weighted by Crippen LogP contribution is -2.30. The molecule has 1 fully saturated rings. The molecule has 1 unspecified atom stereocenters. The number of nitrogens with zero attached hydrogens (tertiary/aromatic N) is 3. The average Bonchev–Trinajstić information content (AvgIpc) is 3.12. The molecule has 3 rings (SSSR count). The van der Waals surface area contributed by atoms with Crippen LogP contribution in [0.3, 0.4) is 0 Å². The molecule has 0 spiro atoms. The van der Waals surface area contributed by atoms with Crippen molar-refractivity contribution in [3.63, 3.8) is 0 Å². The lowest BCUT2D eigenvalue weighted by Gasteiger charge is -2.17. The topological polar surface area (TPSA) is 68.2 Å². The highest BCUT2D eigenvalue weighted by Gasteiger charge is 2.20. The van der Waals surface area contributed by atoms with Crippen molar-refractivity contribution < 1.29 is 8.91 Å². The SMILES string of the molecule is NC(CN1CCCC1)c1noc(-c2ccc(F)c(Cl)c2)n1. The van der Waals surface area contributed by atoms with Crippen LogP contribution in [0.15, 0.2) is 22.7 Å². The number of likely N-dealkylation sites (tertiary alicyclic amines) is 1. The molecule has 0 radical (unpaired) electrons. The minimum atomic E-state index is -0.481. The molecule has 1 atom stereocenters. The Morgan fingerprint density at radius 2 is 2.14 bits per heavy atom. The predicted octanol–water partition coefficient (Wildman–Crippen LogP) is 2.62. The van der Waals surface area contributed by atoms with Crippen molar-refractivity contribution in [3.8, 4) is 11.5 Å². The Kier molecular flexibility index (Phi) is 4.19. The van der Waals surface area contributed by atoms with Crippen LogP contribution >= 0.6 is 11.6 Å². The summed E-state index contributed by atoms with van der Waals surface area (Å²) in [7, 11) is 0. The van der Waals surface area contributed by atoms with Crippen molar-refractivity contribution in [2.75, 3.05) is 19.6 Å². The number of benzene rings is 1. The van der Waals surface area contributed by atoms with Crippen LogP contribution in [0.5, 0.6) is 0 Å². The van der Waals surface area contributed by atoms with Gasteiger partial charge in [-0.15, -0.1) is 0 Å². The van der Waals surface area contributed by atoms with Crippen molar-refractivity contribution in [1.29, 1.82) is 0 Å². The number of aromatic nitrogens is 2. The van der Waals surface area contributed by atoms with Crippen LogP contribution in [0.2, 0.25) is 5.02 Å². The lowest BCUT2D eigenvalue weighted by molar-refractivity contribution is 0.306. The number of hydrogen-bond donors (Lipinski definition) is 1. The maximum atomic E-state index is 13.2. The molecule has 0 amide bonds. The van der Waals surface area contributed by atoms with Crippen LogP contribution in [0.25, 0.3) is 11.5 Å². The van der Waals surface area contributed by atoms with Crippen LogP contribution in [-0.2, 0) is 0 Å². The van der Waals surface area contributed by atoms with Gasteiger partial charge in [-0.25, -0.2) is 4.39 Å². The molecule has 5 nitrogen and oxygen atoms in total. The second-order valence-corrected chi connectivity index (χ2v) is 5.61. The number of hydrogen-bond acceptors (Lipinski definition) is 5. The van der Waals surface area contributed by atoms with E-state index in [1.165, 1.54) is 25.0 Å². The van der Waals surface area contributed by atoms with Crippen molar-refractivity contribution in [2.24, 2.45) is 5.73 Å². The highest BCUT2D eigenvalue weighted by molar-refractivity contribution is 6.31. The van der Waals surface area contributed by atoms with Gasteiger partial charge in [0.2, 0.25) is 0 Å². The molecule has 1 saturated heterocycles. The fraction of sp³-hybridized carbons (Fsp3) is 0.429. The van der Waals surface area contributed by atoms with Gasteiger partial charge in [-0.3, -0.25) is 0 Å². The van der Waals surface area contributed by atoms with E-state index in [0.717, 1.165) is 13.1 Å². The third-order valence-corrected chi connectivity index (χ3v) is 3.88. The minimum Gasteiger partial charge on any atom is -0.334 e. The Labute approximate surface area is 126 Å². The summed E-state index contributed by atoms with van der Waals surface area (Å²) in [5, 5.41) is 3.93. The molecule has 0 saturated carbocycles. The molecule has 1 aliphatic heterocycles. The zero-order valence-electron chi connectivity index (χ0n) is 11.4. The van der Waals surface area contributed by atoms with E-state index in [-0.39, 0.29) is 11.1 Å². The largest absolute Gasteiger partial charge is 0.334 e. The number of rotatable bonds is 4. The van der Waals surface area contributed by atoms with E-state index in [9.17, 15) is 4.39 Å². The maximum Gasteiger partial charge on any atom is 0.258 e. The van der Waals surface area contributed by atoms with Gasteiger partial charge in [0.15, 0.2) is 5.82 Å². The van der Waals surface area contributed by atoms with Gasteiger partial charge in [0.1, 0.15) is 5.82 Å². The summed E-state index contributed by atoms with van der Waals surface area (Å²) in [5.41, 5.74) is 6.68. The van der Waals surface area contributed by atoms with E-state index in [1.807, 2.05) is 0 Å². The molecule has 2 N–H and O–H groups in total. The highest BCUT2D eigenvalue weighted by atomic mass is 35.5. The standard InChI is InChI=1S/C14H16ClFN4O/c15-10-7-9(3-4-11(10)16)14-18-13(19-21-14)12(17)8-20-5-1-2-6-20/h3-4,7,12H,1-2,5-6,8,17H2. The molecule has 112 valence electrons. The maximum absolute atomic E-state index is 13.2. The Morgan fingerprint density at radius 3 is 2.86 bits per heavy atom. The minimum absolute atomic E-state index is 0.0219. The molecular weight excluding hydrogens is 295 g/mol. The van der Waals surface area contributed by atoms with E-state index in [4.69, 9.17) is 21.9 Å². The smallest absolute Gasteiger partial charge is 0.258 e. The predicted molar refractivity (Wildman–Crippen MR) is 77.3 cm³/mol. The van der Waals surface area contributed by atoms with E-state index in [0.29, 0.717) is 23.8 Å². The van der Waals surface area contributed by atoms with E-state index >= 15 is 0 Å². The molecule has 7 heteroatoms. The van der Waals surface area contributed by atoms with Gasteiger partial charge < -0.3 is 15.2 Å². The first kappa shape index (κ1) is 14.4. The van der Waals surface area contributed by atoms with Crippen LogP contribution in [0.1, 0.15) is 24.7 Å². The van der Waals surface area contributed by atoms with Gasteiger partial charge in [0.25, 0.3) is 5.89 Å². The average molecular weight is 311 g/mol. The summed E-state index contributed by atoms with van der Waals surface area (Å²) in [4.78, 5) is 6.57. The molecule has 1 aromatic carbocycles. The molecule has 2 heterocycles. The molecule has 1 aromatic heterocycles. The van der Waals surface area contributed by atoms with Crippen LogP contribution < -0.4 is 5.73 Å². The van der Waals surface area contributed by atoms with E-state index in [2.05, 4.69) is 15.0 Å². The van der Waals surface area contributed by atoms with Gasteiger partial charge in [-0.05, 0) is 44.1 Å². The number of nitrogens with two attached hydrogens (primary N) is 1. The van der Waals surface area contributed by atoms with Gasteiger partial charge in [0, 0.05) is 12.1 Å². The van der Waals surface area contributed by atoms with Crippen molar-refractivity contribution >= 4 is 11.6 Å². The fourth-order valence-electron chi connectivity index (χ4n) is 2.46. The third-order valence-electron chi connectivity index (χ3n) is 3.59. The fourth-order valence-corrected chi connectivity index (χ4v) is 2.64. The molecule has 21 heavy (non-hydrogen) atoms. The molecule has 2 aromatic rings. The molecule has 0 aliphatic carbocycles. The monoisotopic (exact) mass is 310 g/mol. The van der Waals surface area contributed by atoms with Crippen LogP contribution in [0, 0.1) is 5.82 Å². The molecule has 1 aliphatic rings. The Morgan fingerprint density at radius 1 is 1.38 bits per heavy atom. The second kappa shape index (κ2) is 6.09. The van der Waals surface area contributed by atoms with E-state index < -0.39 is 5.82 Å². The first-order chi connectivity index (χ1) is 10.1. The molecular formula is C14H16ClFN4O. The van der Waals surface area contributed by atoms with Crippen LogP contribution in [-0.4, -0.2) is 34.7 Å². The van der Waals surface area contributed by atoms with Gasteiger partial charge >= 0.3 is 0 Å². The van der Waals surface area contributed by atoms with Gasteiger partial charge in [0.05, 0.1) is 11.1 Å². The number of halogens is 2. The Hall–Kier alpha value is -1.50. The van der Waals surface area contributed by atoms with Gasteiger partial charge in [-0.2, -0.15) is 4.98 Å². The Balaban J connectivity index is 1.74.